The van der Waals surface area contributed by atoms with Gasteiger partial charge in [-0.05, 0) is 54.8 Å². The first-order valence-corrected chi connectivity index (χ1v) is 9.11. The molecule has 1 aromatic heterocycles. The highest BCUT2D eigenvalue weighted by molar-refractivity contribution is 6.30. The first-order valence-electron chi connectivity index (χ1n) is 8.73. The highest BCUT2D eigenvalue weighted by Crippen LogP contribution is 2.41. The number of aromatic nitrogens is 2. The molecule has 128 valence electrons. The van der Waals surface area contributed by atoms with Crippen LogP contribution in [0.25, 0.3) is 11.3 Å². The second-order valence-electron chi connectivity index (χ2n) is 6.81. The highest BCUT2D eigenvalue weighted by Gasteiger charge is 2.35. The summed E-state index contributed by atoms with van der Waals surface area (Å²) in [4.78, 5) is 4.22. The molecule has 0 aliphatic carbocycles. The van der Waals surface area contributed by atoms with Crippen LogP contribution in [0, 0.1) is 0 Å². The SMILES string of the molecule is Cn1cncc1-c1ccc(C2(c3ccc(Cl)cc3)CCNCC2)cc1. The van der Waals surface area contributed by atoms with Gasteiger partial charge in [-0.3, -0.25) is 0 Å². The summed E-state index contributed by atoms with van der Waals surface area (Å²) in [6.07, 6.45) is 5.94. The molecule has 3 aromatic rings. The van der Waals surface area contributed by atoms with Gasteiger partial charge in [0.15, 0.2) is 0 Å². The summed E-state index contributed by atoms with van der Waals surface area (Å²) in [6.45, 7) is 2.07. The molecule has 0 spiro atoms. The van der Waals surface area contributed by atoms with E-state index < -0.39 is 0 Å². The number of benzene rings is 2. The second kappa shape index (κ2) is 6.66. The average molecular weight is 352 g/mol. The molecule has 0 amide bonds. The standard InChI is InChI=1S/C21H22ClN3/c1-25-15-24-14-20(25)16-2-4-17(5-3-16)21(10-12-23-13-11-21)18-6-8-19(22)9-7-18/h2-9,14-15,23H,10-13H2,1H3. The second-order valence-corrected chi connectivity index (χ2v) is 7.24. The molecule has 4 rings (SSSR count). The van der Waals surface area contributed by atoms with E-state index in [1.807, 2.05) is 31.7 Å². The summed E-state index contributed by atoms with van der Waals surface area (Å²) in [7, 11) is 2.03. The van der Waals surface area contributed by atoms with E-state index in [2.05, 4.69) is 51.3 Å². The van der Waals surface area contributed by atoms with Gasteiger partial charge in [-0.25, -0.2) is 4.98 Å². The quantitative estimate of drug-likeness (QED) is 0.757. The normalized spacial score (nSPS) is 16.7. The fourth-order valence-corrected chi connectivity index (χ4v) is 4.09. The molecule has 4 heteroatoms. The molecule has 25 heavy (non-hydrogen) atoms. The van der Waals surface area contributed by atoms with Crippen LogP contribution in [0.4, 0.5) is 0 Å². The van der Waals surface area contributed by atoms with Gasteiger partial charge in [0.2, 0.25) is 0 Å². The van der Waals surface area contributed by atoms with Crippen LogP contribution >= 0.6 is 11.6 Å². The van der Waals surface area contributed by atoms with Crippen LogP contribution < -0.4 is 5.32 Å². The molecule has 1 fully saturated rings. The Morgan fingerprint density at radius 1 is 0.960 bits per heavy atom. The maximum Gasteiger partial charge on any atom is 0.0948 e. The molecule has 0 bridgehead atoms. The zero-order valence-corrected chi connectivity index (χ0v) is 15.1. The first-order chi connectivity index (χ1) is 12.2. The van der Waals surface area contributed by atoms with Crippen LogP contribution in [0.3, 0.4) is 0 Å². The monoisotopic (exact) mass is 351 g/mol. The zero-order chi connectivity index (χ0) is 17.3. The molecule has 1 N–H and O–H groups in total. The Labute approximate surface area is 153 Å². The fraction of sp³-hybridized carbons (Fsp3) is 0.286. The number of halogens is 1. The number of nitrogens with one attached hydrogen (secondary N) is 1. The molecule has 0 radical (unpaired) electrons. The van der Waals surface area contributed by atoms with Crippen molar-refractivity contribution in [2.75, 3.05) is 13.1 Å². The molecular weight excluding hydrogens is 330 g/mol. The van der Waals surface area contributed by atoms with E-state index in [1.165, 1.54) is 16.7 Å². The van der Waals surface area contributed by atoms with E-state index in [1.54, 1.807) is 0 Å². The number of hydrogen-bond donors (Lipinski definition) is 1. The number of nitrogens with zero attached hydrogens (tertiary/aromatic N) is 2. The average Bonchev–Trinajstić information content (AvgIpc) is 3.09. The van der Waals surface area contributed by atoms with Crippen molar-refractivity contribution in [3.8, 4) is 11.3 Å². The summed E-state index contributed by atoms with van der Waals surface area (Å²) in [6, 6.07) is 17.4. The van der Waals surface area contributed by atoms with Crippen molar-refractivity contribution in [1.82, 2.24) is 14.9 Å². The molecule has 3 nitrogen and oxygen atoms in total. The largest absolute Gasteiger partial charge is 0.334 e. The molecule has 0 unspecified atom stereocenters. The van der Waals surface area contributed by atoms with Crippen molar-refractivity contribution in [1.29, 1.82) is 0 Å². The molecule has 2 aromatic carbocycles. The summed E-state index contributed by atoms with van der Waals surface area (Å²) in [5.74, 6) is 0. The van der Waals surface area contributed by atoms with E-state index in [9.17, 15) is 0 Å². The third-order valence-corrected chi connectivity index (χ3v) is 5.66. The van der Waals surface area contributed by atoms with E-state index in [-0.39, 0.29) is 5.41 Å². The lowest BCUT2D eigenvalue weighted by atomic mass is 9.68. The van der Waals surface area contributed by atoms with Gasteiger partial charge in [0.25, 0.3) is 0 Å². The minimum atomic E-state index is 0.0564. The van der Waals surface area contributed by atoms with Crippen molar-refractivity contribution in [2.24, 2.45) is 7.05 Å². The van der Waals surface area contributed by atoms with Crippen molar-refractivity contribution in [3.05, 3.63) is 77.2 Å². The lowest BCUT2D eigenvalue weighted by Gasteiger charge is -2.39. The van der Waals surface area contributed by atoms with Crippen LogP contribution in [-0.2, 0) is 12.5 Å². The molecular formula is C21H22ClN3. The fourth-order valence-electron chi connectivity index (χ4n) is 3.96. The minimum absolute atomic E-state index is 0.0564. The Kier molecular flexibility index (Phi) is 4.36. The van der Waals surface area contributed by atoms with Gasteiger partial charge >= 0.3 is 0 Å². The predicted molar refractivity (Wildman–Crippen MR) is 103 cm³/mol. The minimum Gasteiger partial charge on any atom is -0.334 e. The highest BCUT2D eigenvalue weighted by atomic mass is 35.5. The van der Waals surface area contributed by atoms with Crippen molar-refractivity contribution >= 4 is 11.6 Å². The number of imidazole rings is 1. The van der Waals surface area contributed by atoms with Gasteiger partial charge in [-0.1, -0.05) is 48.0 Å². The maximum atomic E-state index is 6.11. The van der Waals surface area contributed by atoms with Crippen LogP contribution in [0.15, 0.2) is 61.1 Å². The van der Waals surface area contributed by atoms with Crippen molar-refractivity contribution < 1.29 is 0 Å². The number of rotatable bonds is 3. The number of aryl methyl sites for hydroxylation is 1. The lowest BCUT2D eigenvalue weighted by Crippen LogP contribution is -2.40. The van der Waals surface area contributed by atoms with Crippen LogP contribution in [0.1, 0.15) is 24.0 Å². The molecule has 1 saturated heterocycles. The summed E-state index contributed by atoms with van der Waals surface area (Å²) in [5.41, 5.74) is 5.12. The molecule has 1 aliphatic heterocycles. The summed E-state index contributed by atoms with van der Waals surface area (Å²) >= 11 is 6.11. The number of piperidine rings is 1. The van der Waals surface area contributed by atoms with Gasteiger partial charge in [0, 0.05) is 17.5 Å². The van der Waals surface area contributed by atoms with E-state index in [0.717, 1.165) is 36.6 Å². The van der Waals surface area contributed by atoms with Crippen LogP contribution in [0.5, 0.6) is 0 Å². The van der Waals surface area contributed by atoms with Crippen LogP contribution in [-0.4, -0.2) is 22.6 Å². The smallest absolute Gasteiger partial charge is 0.0948 e. The Bertz CT molecular complexity index is 844. The van der Waals surface area contributed by atoms with Gasteiger partial charge in [0.1, 0.15) is 0 Å². The molecule has 1 aliphatic rings. The van der Waals surface area contributed by atoms with Crippen molar-refractivity contribution in [2.45, 2.75) is 18.3 Å². The Morgan fingerprint density at radius 3 is 2.12 bits per heavy atom. The topological polar surface area (TPSA) is 29.9 Å². The zero-order valence-electron chi connectivity index (χ0n) is 14.4. The van der Waals surface area contributed by atoms with Crippen LogP contribution in [0.2, 0.25) is 5.02 Å². The summed E-state index contributed by atoms with van der Waals surface area (Å²) < 4.78 is 2.05. The van der Waals surface area contributed by atoms with Gasteiger partial charge < -0.3 is 9.88 Å². The Balaban J connectivity index is 1.75. The molecule has 0 atom stereocenters. The lowest BCUT2D eigenvalue weighted by molar-refractivity contribution is 0.362. The predicted octanol–water partition coefficient (Wildman–Crippen LogP) is 4.41. The Morgan fingerprint density at radius 2 is 1.56 bits per heavy atom. The van der Waals surface area contributed by atoms with Gasteiger partial charge in [0.05, 0.1) is 18.2 Å². The van der Waals surface area contributed by atoms with Gasteiger partial charge in [-0.2, -0.15) is 0 Å². The third-order valence-electron chi connectivity index (χ3n) is 5.40. The van der Waals surface area contributed by atoms with Gasteiger partial charge in [-0.15, -0.1) is 0 Å². The number of hydrogen-bond acceptors (Lipinski definition) is 2. The van der Waals surface area contributed by atoms with E-state index in [0.29, 0.717) is 0 Å². The first kappa shape index (κ1) is 16.4. The third kappa shape index (κ3) is 2.99. The Hall–Kier alpha value is -2.10. The van der Waals surface area contributed by atoms with E-state index >= 15 is 0 Å². The van der Waals surface area contributed by atoms with Crippen molar-refractivity contribution in [3.63, 3.8) is 0 Å². The summed E-state index contributed by atoms with van der Waals surface area (Å²) in [5, 5.41) is 4.29. The maximum absolute atomic E-state index is 6.11. The molecule has 2 heterocycles. The molecule has 0 saturated carbocycles. The van der Waals surface area contributed by atoms with E-state index in [4.69, 9.17) is 11.6 Å².